The predicted octanol–water partition coefficient (Wildman–Crippen LogP) is 2.32. The van der Waals surface area contributed by atoms with Crippen LogP contribution in [0, 0.1) is 5.92 Å². The number of aliphatic hydroxyl groups excluding tert-OH is 1. The maximum atomic E-state index is 12.7. The number of ether oxygens (including phenoxy) is 1. The molecule has 1 aromatic carbocycles. The minimum atomic E-state index is -0.706. The number of carbonyl (C=O) groups excluding carboxylic acids is 2. The van der Waals surface area contributed by atoms with Gasteiger partial charge in [0.2, 0.25) is 5.91 Å². The first kappa shape index (κ1) is 17.7. The van der Waals surface area contributed by atoms with E-state index in [1.165, 1.54) is 11.3 Å². The van der Waals surface area contributed by atoms with Crippen LogP contribution in [0.15, 0.2) is 30.3 Å². The van der Waals surface area contributed by atoms with Gasteiger partial charge in [0.1, 0.15) is 11.8 Å². The molecule has 0 aromatic heterocycles. The van der Waals surface area contributed by atoms with Gasteiger partial charge in [-0.25, -0.2) is 4.79 Å². The van der Waals surface area contributed by atoms with E-state index < -0.39 is 18.2 Å². The fourth-order valence-corrected chi connectivity index (χ4v) is 3.72. The van der Waals surface area contributed by atoms with Gasteiger partial charge in [0, 0.05) is 12.5 Å². The minimum absolute atomic E-state index is 0.115. The Morgan fingerprint density at radius 3 is 2.64 bits per heavy atom. The molecular formula is C19H26N2O4. The smallest absolute Gasteiger partial charge is 0.410 e. The fourth-order valence-electron chi connectivity index (χ4n) is 3.72. The lowest BCUT2D eigenvalue weighted by Gasteiger charge is -2.31. The lowest BCUT2D eigenvalue weighted by molar-refractivity contribution is -0.126. The molecule has 136 valence electrons. The van der Waals surface area contributed by atoms with Crippen LogP contribution in [0.4, 0.5) is 4.79 Å². The van der Waals surface area contributed by atoms with Crippen molar-refractivity contribution in [1.29, 1.82) is 0 Å². The van der Waals surface area contributed by atoms with Gasteiger partial charge in [0.15, 0.2) is 0 Å². The van der Waals surface area contributed by atoms with Crippen LogP contribution < -0.4 is 10.1 Å². The summed E-state index contributed by atoms with van der Waals surface area (Å²) >= 11 is 0. The van der Waals surface area contributed by atoms with Gasteiger partial charge in [0.05, 0.1) is 12.6 Å². The average molecular weight is 346 g/mol. The van der Waals surface area contributed by atoms with Gasteiger partial charge in [-0.1, -0.05) is 38.0 Å². The summed E-state index contributed by atoms with van der Waals surface area (Å²) in [5.41, 5.74) is 0. The third-order valence-corrected chi connectivity index (χ3v) is 5.20. The fraction of sp³-hybridized carbons (Fsp3) is 0.579. The molecule has 4 atom stereocenters. The van der Waals surface area contributed by atoms with Crippen LogP contribution in [0.3, 0.4) is 0 Å². The number of rotatable bonds is 3. The second kappa shape index (κ2) is 7.87. The lowest BCUT2D eigenvalue weighted by Crippen LogP contribution is -2.51. The molecule has 6 nitrogen and oxygen atoms in total. The number of amides is 2. The molecule has 1 heterocycles. The first-order chi connectivity index (χ1) is 12.0. The zero-order chi connectivity index (χ0) is 17.8. The number of hydrogen-bond donors (Lipinski definition) is 2. The Morgan fingerprint density at radius 1 is 1.20 bits per heavy atom. The minimum Gasteiger partial charge on any atom is -0.410 e. The van der Waals surface area contributed by atoms with Gasteiger partial charge in [-0.15, -0.1) is 0 Å². The van der Waals surface area contributed by atoms with Crippen LogP contribution in [-0.2, 0) is 4.79 Å². The number of aliphatic hydroxyl groups is 1. The summed E-state index contributed by atoms with van der Waals surface area (Å²) in [6.45, 7) is 2.26. The topological polar surface area (TPSA) is 78.9 Å². The van der Waals surface area contributed by atoms with E-state index in [0.29, 0.717) is 11.7 Å². The van der Waals surface area contributed by atoms with Crippen LogP contribution in [-0.4, -0.2) is 46.7 Å². The van der Waals surface area contributed by atoms with Crippen molar-refractivity contribution in [1.82, 2.24) is 10.2 Å². The van der Waals surface area contributed by atoms with Gasteiger partial charge in [-0.3, -0.25) is 9.69 Å². The highest BCUT2D eigenvalue weighted by atomic mass is 16.6. The zero-order valence-electron chi connectivity index (χ0n) is 14.6. The number of carbonyl (C=O) groups is 2. The van der Waals surface area contributed by atoms with Gasteiger partial charge < -0.3 is 15.2 Å². The number of nitrogens with zero attached hydrogens (tertiary/aromatic N) is 1. The molecule has 0 spiro atoms. The van der Waals surface area contributed by atoms with Gasteiger partial charge in [-0.2, -0.15) is 0 Å². The summed E-state index contributed by atoms with van der Waals surface area (Å²) < 4.78 is 5.33. The van der Waals surface area contributed by atoms with Crippen molar-refractivity contribution < 1.29 is 19.4 Å². The molecule has 0 bridgehead atoms. The average Bonchev–Trinajstić information content (AvgIpc) is 3.00. The first-order valence-electron chi connectivity index (χ1n) is 9.06. The number of nitrogens with one attached hydrogen (secondary N) is 1. The summed E-state index contributed by atoms with van der Waals surface area (Å²) in [7, 11) is 0. The normalized spacial score (nSPS) is 29.3. The molecule has 1 saturated heterocycles. The molecule has 2 fully saturated rings. The molecule has 1 aromatic rings. The van der Waals surface area contributed by atoms with Crippen LogP contribution in [0.25, 0.3) is 0 Å². The van der Waals surface area contributed by atoms with Crippen LogP contribution in [0.2, 0.25) is 0 Å². The summed E-state index contributed by atoms with van der Waals surface area (Å²) in [5.74, 6) is 0.669. The SMILES string of the molecule is C[C@@H]1CCCC[C@@H]1NC(=O)[C@@H]1C[C@@H](O)CN1C(=O)Oc1ccccc1. The Kier molecular flexibility index (Phi) is 5.58. The number of benzene rings is 1. The Labute approximate surface area is 148 Å². The molecule has 25 heavy (non-hydrogen) atoms. The third kappa shape index (κ3) is 4.31. The molecular weight excluding hydrogens is 320 g/mol. The van der Waals surface area contributed by atoms with E-state index in [0.717, 1.165) is 19.3 Å². The lowest BCUT2D eigenvalue weighted by atomic mass is 9.86. The van der Waals surface area contributed by atoms with E-state index in [1.54, 1.807) is 24.3 Å². The molecule has 6 heteroatoms. The monoisotopic (exact) mass is 346 g/mol. The molecule has 0 unspecified atom stereocenters. The number of β-amino-alcohol motifs (C(OH)–C–C–N with tert-alkyl or cyclic N) is 1. The van der Waals surface area contributed by atoms with Crippen molar-refractivity contribution in [3.63, 3.8) is 0 Å². The summed E-state index contributed by atoms with van der Waals surface area (Å²) in [6, 6.07) is 8.21. The van der Waals surface area contributed by atoms with Crippen molar-refractivity contribution in [2.24, 2.45) is 5.92 Å². The Hall–Kier alpha value is -2.08. The van der Waals surface area contributed by atoms with Gasteiger partial charge >= 0.3 is 6.09 Å². The molecule has 2 aliphatic rings. The van der Waals surface area contributed by atoms with Crippen molar-refractivity contribution in [3.05, 3.63) is 30.3 Å². The number of hydrogen-bond acceptors (Lipinski definition) is 4. The maximum absolute atomic E-state index is 12.7. The van der Waals surface area contributed by atoms with Crippen LogP contribution in [0.1, 0.15) is 39.0 Å². The molecule has 1 saturated carbocycles. The van der Waals surface area contributed by atoms with Crippen molar-refractivity contribution >= 4 is 12.0 Å². The number of para-hydroxylation sites is 1. The quantitative estimate of drug-likeness (QED) is 0.880. The van der Waals surface area contributed by atoms with E-state index in [4.69, 9.17) is 4.74 Å². The van der Waals surface area contributed by atoms with Crippen molar-refractivity contribution in [2.45, 2.75) is 57.2 Å². The Morgan fingerprint density at radius 2 is 1.92 bits per heavy atom. The van der Waals surface area contributed by atoms with E-state index >= 15 is 0 Å². The largest absolute Gasteiger partial charge is 0.416 e. The van der Waals surface area contributed by atoms with Crippen LogP contribution in [0.5, 0.6) is 5.75 Å². The van der Waals surface area contributed by atoms with E-state index in [9.17, 15) is 14.7 Å². The second-order valence-electron chi connectivity index (χ2n) is 7.12. The van der Waals surface area contributed by atoms with Gasteiger partial charge in [-0.05, 0) is 30.9 Å². The highest BCUT2D eigenvalue weighted by Crippen LogP contribution is 2.25. The predicted molar refractivity (Wildman–Crippen MR) is 93.1 cm³/mol. The Bertz CT molecular complexity index is 607. The van der Waals surface area contributed by atoms with Crippen molar-refractivity contribution in [3.8, 4) is 5.75 Å². The van der Waals surface area contributed by atoms with E-state index in [1.807, 2.05) is 6.07 Å². The standard InChI is InChI=1S/C19H26N2O4/c1-13-7-5-6-10-16(13)20-18(23)17-11-14(22)12-21(17)19(24)25-15-8-3-2-4-9-15/h2-4,8-9,13-14,16-17,22H,5-7,10-12H2,1H3,(H,20,23)/t13-,14-,16+,17+/m1/s1. The molecule has 2 amide bonds. The summed E-state index contributed by atoms with van der Waals surface area (Å²) in [5, 5.41) is 13.0. The maximum Gasteiger partial charge on any atom is 0.416 e. The molecule has 0 radical (unpaired) electrons. The van der Waals surface area contributed by atoms with Gasteiger partial charge in [0.25, 0.3) is 0 Å². The highest BCUT2D eigenvalue weighted by molar-refractivity contribution is 5.87. The molecule has 3 rings (SSSR count). The Balaban J connectivity index is 1.64. The highest BCUT2D eigenvalue weighted by Gasteiger charge is 2.41. The third-order valence-electron chi connectivity index (χ3n) is 5.20. The van der Waals surface area contributed by atoms with E-state index in [-0.39, 0.29) is 24.9 Å². The molecule has 2 N–H and O–H groups in total. The van der Waals surface area contributed by atoms with Crippen LogP contribution >= 0.6 is 0 Å². The first-order valence-corrected chi connectivity index (χ1v) is 9.06. The zero-order valence-corrected chi connectivity index (χ0v) is 14.6. The van der Waals surface area contributed by atoms with E-state index in [2.05, 4.69) is 12.2 Å². The number of likely N-dealkylation sites (tertiary alicyclic amines) is 1. The van der Waals surface area contributed by atoms with Crippen molar-refractivity contribution in [2.75, 3.05) is 6.54 Å². The molecule has 1 aliphatic carbocycles. The summed E-state index contributed by atoms with van der Waals surface area (Å²) in [6.07, 6.45) is 3.33. The second-order valence-corrected chi connectivity index (χ2v) is 7.12. The molecule has 1 aliphatic heterocycles. The summed E-state index contributed by atoms with van der Waals surface area (Å²) in [4.78, 5) is 26.5.